The molecule has 1 aliphatic carbocycles. The maximum atomic E-state index is 12.7. The fourth-order valence-electron chi connectivity index (χ4n) is 2.91. The van der Waals surface area contributed by atoms with E-state index in [0.717, 1.165) is 18.6 Å². The van der Waals surface area contributed by atoms with Crippen LogP contribution < -0.4 is 9.47 Å². The molecule has 7 nitrogen and oxygen atoms in total. The zero-order valence-electron chi connectivity index (χ0n) is 15.9. The van der Waals surface area contributed by atoms with Crippen LogP contribution in [0.25, 0.3) is 11.5 Å². The number of hydrogen-bond acceptors (Lipinski definition) is 6. The fourth-order valence-corrected chi connectivity index (χ4v) is 3.13. The monoisotopic (exact) mass is 413 g/mol. The average molecular weight is 414 g/mol. The van der Waals surface area contributed by atoms with E-state index in [2.05, 4.69) is 10.2 Å². The van der Waals surface area contributed by atoms with Crippen LogP contribution in [0, 0.1) is 0 Å². The standard InChI is InChI=1S/C21H20ClN3O4/c1-27-15-8-10-16(11-9-15)28-13-20(26)25(14-6-7-14)12-19-23-24-21(29-19)17-4-2-3-5-18(17)22/h2-5,8-11,14H,6-7,12-13H2,1H3. The lowest BCUT2D eigenvalue weighted by atomic mass is 10.2. The van der Waals surface area contributed by atoms with Gasteiger partial charge in [-0.05, 0) is 49.2 Å². The minimum atomic E-state index is -0.124. The van der Waals surface area contributed by atoms with Crippen LogP contribution in [0.1, 0.15) is 18.7 Å². The van der Waals surface area contributed by atoms with E-state index >= 15 is 0 Å². The van der Waals surface area contributed by atoms with Crippen molar-refractivity contribution in [3.63, 3.8) is 0 Å². The van der Waals surface area contributed by atoms with Gasteiger partial charge in [-0.15, -0.1) is 10.2 Å². The Balaban J connectivity index is 1.40. The van der Waals surface area contributed by atoms with Crippen LogP contribution in [0.3, 0.4) is 0 Å². The summed E-state index contributed by atoms with van der Waals surface area (Å²) in [4.78, 5) is 14.5. The predicted molar refractivity (Wildman–Crippen MR) is 107 cm³/mol. The molecule has 0 aliphatic heterocycles. The number of methoxy groups -OCH3 is 1. The number of amides is 1. The van der Waals surface area contributed by atoms with Crippen LogP contribution in [-0.4, -0.2) is 40.8 Å². The summed E-state index contributed by atoms with van der Waals surface area (Å²) in [6, 6.07) is 14.5. The van der Waals surface area contributed by atoms with Crippen molar-refractivity contribution >= 4 is 17.5 Å². The highest BCUT2D eigenvalue weighted by atomic mass is 35.5. The third-order valence-corrected chi connectivity index (χ3v) is 4.94. The molecule has 1 saturated carbocycles. The minimum Gasteiger partial charge on any atom is -0.497 e. The molecule has 0 bridgehead atoms. The number of aromatic nitrogens is 2. The van der Waals surface area contributed by atoms with Gasteiger partial charge >= 0.3 is 0 Å². The Bertz CT molecular complexity index is 986. The van der Waals surface area contributed by atoms with Crippen molar-refractivity contribution < 1.29 is 18.7 Å². The van der Waals surface area contributed by atoms with Crippen LogP contribution >= 0.6 is 11.6 Å². The first kappa shape index (κ1) is 19.3. The highest BCUT2D eigenvalue weighted by molar-refractivity contribution is 6.33. The highest BCUT2D eigenvalue weighted by Crippen LogP contribution is 2.30. The van der Waals surface area contributed by atoms with Gasteiger partial charge in [0.15, 0.2) is 6.61 Å². The van der Waals surface area contributed by atoms with E-state index < -0.39 is 0 Å². The molecule has 0 spiro atoms. The normalized spacial score (nSPS) is 13.2. The van der Waals surface area contributed by atoms with Crippen molar-refractivity contribution in [1.29, 1.82) is 0 Å². The van der Waals surface area contributed by atoms with Gasteiger partial charge in [0.25, 0.3) is 5.91 Å². The number of benzene rings is 2. The molecule has 0 saturated heterocycles. The number of halogens is 1. The van der Waals surface area contributed by atoms with Crippen LogP contribution in [0.15, 0.2) is 52.9 Å². The van der Waals surface area contributed by atoms with Crippen molar-refractivity contribution in [2.75, 3.05) is 13.7 Å². The maximum Gasteiger partial charge on any atom is 0.261 e. The second kappa shape index (κ2) is 8.53. The van der Waals surface area contributed by atoms with Crippen molar-refractivity contribution in [2.45, 2.75) is 25.4 Å². The van der Waals surface area contributed by atoms with E-state index in [0.29, 0.717) is 28.1 Å². The van der Waals surface area contributed by atoms with E-state index in [4.69, 9.17) is 25.5 Å². The molecule has 0 unspecified atom stereocenters. The average Bonchev–Trinajstić information content (AvgIpc) is 3.49. The van der Waals surface area contributed by atoms with Gasteiger partial charge in [-0.1, -0.05) is 23.7 Å². The first-order chi connectivity index (χ1) is 14.1. The Labute approximate surface area is 173 Å². The summed E-state index contributed by atoms with van der Waals surface area (Å²) < 4.78 is 16.5. The van der Waals surface area contributed by atoms with E-state index in [1.54, 1.807) is 42.3 Å². The van der Waals surface area contributed by atoms with Crippen LogP contribution in [0.2, 0.25) is 5.02 Å². The fraction of sp³-hybridized carbons (Fsp3) is 0.286. The predicted octanol–water partition coefficient (Wildman–Crippen LogP) is 3.97. The zero-order chi connectivity index (χ0) is 20.2. The Morgan fingerprint density at radius 2 is 1.86 bits per heavy atom. The number of rotatable bonds is 8. The third kappa shape index (κ3) is 4.68. The molecule has 1 amide bonds. The van der Waals surface area contributed by atoms with Crippen LogP contribution in [0.5, 0.6) is 11.5 Å². The summed E-state index contributed by atoms with van der Waals surface area (Å²) >= 11 is 6.19. The van der Waals surface area contributed by atoms with Gasteiger partial charge in [0.1, 0.15) is 11.5 Å². The van der Waals surface area contributed by atoms with Crippen molar-refractivity contribution in [3.05, 3.63) is 59.4 Å². The molecule has 1 heterocycles. The van der Waals surface area contributed by atoms with E-state index in [1.807, 2.05) is 18.2 Å². The molecule has 4 rings (SSSR count). The van der Waals surface area contributed by atoms with Gasteiger partial charge < -0.3 is 18.8 Å². The summed E-state index contributed by atoms with van der Waals surface area (Å²) in [5, 5.41) is 8.68. The number of nitrogens with zero attached hydrogens (tertiary/aromatic N) is 3. The lowest BCUT2D eigenvalue weighted by Gasteiger charge is -2.20. The topological polar surface area (TPSA) is 77.7 Å². The van der Waals surface area contributed by atoms with Gasteiger partial charge in [0, 0.05) is 6.04 Å². The van der Waals surface area contributed by atoms with Gasteiger partial charge in [-0.2, -0.15) is 0 Å². The molecule has 8 heteroatoms. The molecular weight excluding hydrogens is 394 g/mol. The second-order valence-corrected chi connectivity index (χ2v) is 7.11. The van der Waals surface area contributed by atoms with Gasteiger partial charge in [-0.3, -0.25) is 4.79 Å². The lowest BCUT2D eigenvalue weighted by molar-refractivity contribution is -0.134. The maximum absolute atomic E-state index is 12.7. The van der Waals surface area contributed by atoms with Crippen molar-refractivity contribution in [2.24, 2.45) is 0 Å². The molecule has 2 aromatic carbocycles. The Morgan fingerprint density at radius 3 is 2.55 bits per heavy atom. The first-order valence-electron chi connectivity index (χ1n) is 9.27. The minimum absolute atomic E-state index is 0.0612. The second-order valence-electron chi connectivity index (χ2n) is 6.70. The molecule has 1 fully saturated rings. The number of carbonyl (C=O) groups excluding carboxylic acids is 1. The molecule has 150 valence electrons. The Kier molecular flexibility index (Phi) is 5.67. The third-order valence-electron chi connectivity index (χ3n) is 4.61. The Morgan fingerprint density at radius 1 is 1.14 bits per heavy atom. The molecule has 29 heavy (non-hydrogen) atoms. The molecule has 1 aromatic heterocycles. The Hall–Kier alpha value is -3.06. The quantitative estimate of drug-likeness (QED) is 0.556. The molecular formula is C21H20ClN3O4. The number of ether oxygens (including phenoxy) is 2. The van der Waals surface area contributed by atoms with E-state index in [-0.39, 0.29) is 25.1 Å². The number of carbonyl (C=O) groups is 1. The van der Waals surface area contributed by atoms with Crippen molar-refractivity contribution in [3.8, 4) is 23.0 Å². The summed E-state index contributed by atoms with van der Waals surface area (Å²) in [5.41, 5.74) is 0.667. The highest BCUT2D eigenvalue weighted by Gasteiger charge is 2.34. The van der Waals surface area contributed by atoms with Crippen LogP contribution in [0.4, 0.5) is 0 Å². The first-order valence-corrected chi connectivity index (χ1v) is 9.65. The summed E-state index contributed by atoms with van der Waals surface area (Å²) in [6.45, 7) is 0.182. The molecule has 1 aliphatic rings. The molecule has 3 aromatic rings. The molecule has 0 radical (unpaired) electrons. The number of hydrogen-bond donors (Lipinski definition) is 0. The van der Waals surface area contributed by atoms with Gasteiger partial charge in [0.05, 0.1) is 24.2 Å². The van der Waals surface area contributed by atoms with Gasteiger partial charge in [0.2, 0.25) is 11.8 Å². The van der Waals surface area contributed by atoms with Crippen LogP contribution in [-0.2, 0) is 11.3 Å². The van der Waals surface area contributed by atoms with E-state index in [1.165, 1.54) is 0 Å². The molecule has 0 atom stereocenters. The summed E-state index contributed by atoms with van der Waals surface area (Å²) in [6.07, 6.45) is 1.92. The van der Waals surface area contributed by atoms with Crippen molar-refractivity contribution in [1.82, 2.24) is 15.1 Å². The zero-order valence-corrected chi connectivity index (χ0v) is 16.6. The van der Waals surface area contributed by atoms with Gasteiger partial charge in [-0.25, -0.2) is 0 Å². The summed E-state index contributed by atoms with van der Waals surface area (Å²) in [5.74, 6) is 1.91. The molecule has 0 N–H and O–H groups in total. The SMILES string of the molecule is COc1ccc(OCC(=O)N(Cc2nnc(-c3ccccc3Cl)o2)C2CC2)cc1. The summed E-state index contributed by atoms with van der Waals surface area (Å²) in [7, 11) is 1.60. The lowest BCUT2D eigenvalue weighted by Crippen LogP contribution is -2.36. The largest absolute Gasteiger partial charge is 0.497 e. The smallest absolute Gasteiger partial charge is 0.261 e. The van der Waals surface area contributed by atoms with E-state index in [9.17, 15) is 4.79 Å².